The minimum absolute atomic E-state index is 0.172. The van der Waals surface area contributed by atoms with Gasteiger partial charge in [-0.05, 0) is 12.1 Å². The molecule has 0 unspecified atom stereocenters. The number of anilines is 3. The van der Waals surface area contributed by atoms with Crippen LogP contribution >= 0.6 is 0 Å². The minimum Gasteiger partial charge on any atom is -0.357 e. The topological polar surface area (TPSA) is 95.9 Å². The zero-order chi connectivity index (χ0) is 18.4. The number of aromatic nitrogens is 4. The zero-order valence-electron chi connectivity index (χ0n) is 14.5. The third-order valence-corrected chi connectivity index (χ3v) is 3.62. The van der Waals surface area contributed by atoms with Crippen molar-refractivity contribution in [1.29, 1.82) is 0 Å². The molecule has 8 heteroatoms. The van der Waals surface area contributed by atoms with E-state index in [1.165, 1.54) is 12.4 Å². The molecule has 0 aliphatic heterocycles. The van der Waals surface area contributed by atoms with Gasteiger partial charge in [-0.15, -0.1) is 0 Å². The van der Waals surface area contributed by atoms with Gasteiger partial charge >= 0.3 is 0 Å². The van der Waals surface area contributed by atoms with E-state index in [0.717, 1.165) is 11.3 Å². The molecule has 3 rings (SSSR count). The van der Waals surface area contributed by atoms with Crippen LogP contribution in [-0.2, 0) is 6.54 Å². The Balaban J connectivity index is 1.63. The molecule has 0 bridgehead atoms. The van der Waals surface area contributed by atoms with Gasteiger partial charge in [0.05, 0.1) is 5.56 Å². The Hall–Kier alpha value is -3.55. The van der Waals surface area contributed by atoms with E-state index in [9.17, 15) is 4.79 Å². The highest BCUT2D eigenvalue weighted by atomic mass is 16.2. The van der Waals surface area contributed by atoms with E-state index < -0.39 is 0 Å². The molecule has 2 heterocycles. The molecule has 8 nitrogen and oxygen atoms in total. The highest BCUT2D eigenvalue weighted by molar-refractivity contribution is 5.93. The first-order chi connectivity index (χ1) is 12.7. The van der Waals surface area contributed by atoms with Gasteiger partial charge in [0, 0.05) is 56.7 Å². The Labute approximate surface area is 151 Å². The molecular formula is C18H19N7O. The van der Waals surface area contributed by atoms with Crippen molar-refractivity contribution in [2.45, 2.75) is 6.54 Å². The van der Waals surface area contributed by atoms with E-state index in [0.29, 0.717) is 24.0 Å². The minimum atomic E-state index is -0.172. The van der Waals surface area contributed by atoms with Crippen molar-refractivity contribution in [1.82, 2.24) is 24.8 Å². The maximum atomic E-state index is 12.5. The monoisotopic (exact) mass is 349 g/mol. The summed E-state index contributed by atoms with van der Waals surface area (Å²) in [5.41, 5.74) is 2.13. The van der Waals surface area contributed by atoms with Crippen LogP contribution in [0.2, 0.25) is 0 Å². The largest absolute Gasteiger partial charge is 0.357 e. The van der Waals surface area contributed by atoms with Crippen LogP contribution in [0.1, 0.15) is 15.9 Å². The van der Waals surface area contributed by atoms with Gasteiger partial charge in [0.15, 0.2) is 0 Å². The Morgan fingerprint density at radius 2 is 1.58 bits per heavy atom. The predicted octanol–water partition coefficient (Wildman–Crippen LogP) is 2.32. The number of hydrogen-bond acceptors (Lipinski definition) is 7. The fourth-order valence-electron chi connectivity index (χ4n) is 2.29. The van der Waals surface area contributed by atoms with Crippen molar-refractivity contribution >= 4 is 23.5 Å². The van der Waals surface area contributed by atoms with Crippen LogP contribution in [0.25, 0.3) is 0 Å². The average molecular weight is 349 g/mol. The van der Waals surface area contributed by atoms with E-state index in [1.807, 2.05) is 30.3 Å². The Morgan fingerprint density at radius 3 is 2.19 bits per heavy atom. The number of nitrogens with zero attached hydrogens (tertiary/aromatic N) is 5. The summed E-state index contributed by atoms with van der Waals surface area (Å²) in [6.45, 7) is 0.396. The number of nitrogens with one attached hydrogen (secondary N) is 2. The van der Waals surface area contributed by atoms with Crippen LogP contribution in [-0.4, -0.2) is 44.8 Å². The molecule has 0 spiro atoms. The number of carbonyl (C=O) groups excluding carboxylic acids is 1. The second kappa shape index (κ2) is 8.02. The van der Waals surface area contributed by atoms with Crippen molar-refractivity contribution in [3.63, 3.8) is 0 Å². The average Bonchev–Trinajstić information content (AvgIpc) is 2.69. The van der Waals surface area contributed by atoms with Crippen LogP contribution in [0, 0.1) is 0 Å². The van der Waals surface area contributed by atoms with Gasteiger partial charge in [-0.3, -0.25) is 4.79 Å². The lowest BCUT2D eigenvalue weighted by Crippen LogP contribution is -2.26. The summed E-state index contributed by atoms with van der Waals surface area (Å²) in [6.07, 6.45) is 6.40. The third kappa shape index (κ3) is 4.29. The van der Waals surface area contributed by atoms with E-state index in [-0.39, 0.29) is 5.91 Å². The Morgan fingerprint density at radius 1 is 0.962 bits per heavy atom. The smallest absolute Gasteiger partial charge is 0.257 e. The highest BCUT2D eigenvalue weighted by Crippen LogP contribution is 2.12. The van der Waals surface area contributed by atoms with E-state index in [2.05, 4.69) is 30.6 Å². The molecule has 0 saturated heterocycles. The normalized spacial score (nSPS) is 10.2. The zero-order valence-corrected chi connectivity index (χ0v) is 14.5. The summed E-state index contributed by atoms with van der Waals surface area (Å²) in [4.78, 5) is 30.8. The van der Waals surface area contributed by atoms with Crippen molar-refractivity contribution in [2.24, 2.45) is 0 Å². The van der Waals surface area contributed by atoms with E-state index in [4.69, 9.17) is 0 Å². The SMILES string of the molecule is CNc1ncc(CN(C)C(=O)c2cnc(Nc3ccccc3)nc2)cn1. The summed E-state index contributed by atoms with van der Waals surface area (Å²) in [5.74, 6) is 0.804. The van der Waals surface area contributed by atoms with Crippen molar-refractivity contribution in [2.75, 3.05) is 24.7 Å². The first-order valence-electron chi connectivity index (χ1n) is 8.04. The fourth-order valence-corrected chi connectivity index (χ4v) is 2.29. The summed E-state index contributed by atoms with van der Waals surface area (Å²) >= 11 is 0. The van der Waals surface area contributed by atoms with Gasteiger partial charge in [0.2, 0.25) is 11.9 Å². The maximum absolute atomic E-state index is 12.5. The molecule has 1 amide bonds. The number of amides is 1. The standard InChI is InChI=1S/C18H19N7O/c1-19-17-20-8-13(9-21-17)12-25(2)16(26)14-10-22-18(23-11-14)24-15-6-4-3-5-7-15/h3-11H,12H2,1-2H3,(H,19,20,21)(H,22,23,24). The summed E-state index contributed by atoms with van der Waals surface area (Å²) in [6, 6.07) is 9.60. The van der Waals surface area contributed by atoms with Crippen molar-refractivity contribution < 1.29 is 4.79 Å². The number of para-hydroxylation sites is 1. The van der Waals surface area contributed by atoms with Gasteiger partial charge in [-0.2, -0.15) is 0 Å². The molecule has 0 atom stereocenters. The van der Waals surface area contributed by atoms with Crippen LogP contribution in [0.3, 0.4) is 0 Å². The van der Waals surface area contributed by atoms with Crippen LogP contribution in [0.15, 0.2) is 55.1 Å². The first-order valence-corrected chi connectivity index (χ1v) is 8.04. The number of carbonyl (C=O) groups is 1. The molecule has 2 aromatic heterocycles. The number of rotatable bonds is 6. The molecule has 0 radical (unpaired) electrons. The lowest BCUT2D eigenvalue weighted by atomic mass is 10.2. The van der Waals surface area contributed by atoms with Crippen molar-refractivity contribution in [3.8, 4) is 0 Å². The first kappa shape index (κ1) is 17.3. The summed E-state index contributed by atoms with van der Waals surface area (Å²) in [5, 5.41) is 5.93. The third-order valence-electron chi connectivity index (χ3n) is 3.62. The van der Waals surface area contributed by atoms with Crippen molar-refractivity contribution in [3.05, 3.63) is 66.2 Å². The lowest BCUT2D eigenvalue weighted by Gasteiger charge is -2.17. The molecule has 132 valence electrons. The summed E-state index contributed by atoms with van der Waals surface area (Å²) in [7, 11) is 3.46. The second-order valence-electron chi connectivity index (χ2n) is 5.61. The molecule has 0 aliphatic carbocycles. The molecule has 0 aliphatic rings. The summed E-state index contributed by atoms with van der Waals surface area (Å²) < 4.78 is 0. The molecular weight excluding hydrogens is 330 g/mol. The van der Waals surface area contributed by atoms with Gasteiger partial charge < -0.3 is 15.5 Å². The second-order valence-corrected chi connectivity index (χ2v) is 5.61. The molecule has 3 aromatic rings. The maximum Gasteiger partial charge on any atom is 0.257 e. The Kier molecular flexibility index (Phi) is 5.33. The van der Waals surface area contributed by atoms with E-state index >= 15 is 0 Å². The molecule has 26 heavy (non-hydrogen) atoms. The van der Waals surface area contributed by atoms with Gasteiger partial charge in [0.25, 0.3) is 5.91 Å². The fraction of sp³-hybridized carbons (Fsp3) is 0.167. The van der Waals surface area contributed by atoms with Crippen LogP contribution in [0.4, 0.5) is 17.6 Å². The molecule has 2 N–H and O–H groups in total. The number of hydrogen-bond donors (Lipinski definition) is 2. The lowest BCUT2D eigenvalue weighted by molar-refractivity contribution is 0.0784. The molecule has 1 aromatic carbocycles. The van der Waals surface area contributed by atoms with Crippen LogP contribution < -0.4 is 10.6 Å². The highest BCUT2D eigenvalue weighted by Gasteiger charge is 2.13. The predicted molar refractivity (Wildman–Crippen MR) is 99.1 cm³/mol. The molecule has 0 saturated carbocycles. The quantitative estimate of drug-likeness (QED) is 0.705. The van der Waals surface area contributed by atoms with Gasteiger partial charge in [-0.1, -0.05) is 18.2 Å². The van der Waals surface area contributed by atoms with Gasteiger partial charge in [0.1, 0.15) is 0 Å². The number of benzene rings is 1. The molecule has 0 fully saturated rings. The van der Waals surface area contributed by atoms with Crippen LogP contribution in [0.5, 0.6) is 0 Å². The van der Waals surface area contributed by atoms with Gasteiger partial charge in [-0.25, -0.2) is 19.9 Å². The Bertz CT molecular complexity index is 851. The van der Waals surface area contributed by atoms with E-state index in [1.54, 1.807) is 31.4 Å².